The van der Waals surface area contributed by atoms with Crippen LogP contribution in [0.5, 0.6) is 0 Å². The molecule has 0 bridgehead atoms. The molecule has 0 saturated carbocycles. The number of aromatic nitrogens is 4. The largest absolute Gasteiger partial charge is 0.543 e. The first-order valence-corrected chi connectivity index (χ1v) is 16.5. The Hall–Kier alpha value is -5.00. The summed E-state index contributed by atoms with van der Waals surface area (Å²) in [7, 11) is 1.61. The zero-order chi connectivity index (χ0) is 36.2. The maximum Gasteiger partial charge on any atom is 0.350 e. The van der Waals surface area contributed by atoms with Gasteiger partial charge in [-0.1, -0.05) is 5.16 Å². The van der Waals surface area contributed by atoms with Gasteiger partial charge in [-0.2, -0.15) is 9.36 Å². The van der Waals surface area contributed by atoms with Crippen molar-refractivity contribution in [1.82, 2.24) is 29.2 Å². The van der Waals surface area contributed by atoms with E-state index in [9.17, 15) is 34.2 Å². The number of β-lactam (4-membered cyclic amide) rings is 1. The Morgan fingerprint density at radius 1 is 1.24 bits per heavy atom. The van der Waals surface area contributed by atoms with E-state index in [0.717, 1.165) is 16.4 Å². The Kier molecular flexibility index (Phi) is 11.3. The molecule has 266 valence electrons. The number of fused-ring (bicyclic) bond motifs is 1. The molecule has 2 aromatic rings. The van der Waals surface area contributed by atoms with Gasteiger partial charge in [0.1, 0.15) is 11.4 Å². The van der Waals surface area contributed by atoms with Crippen molar-refractivity contribution in [2.24, 2.45) is 23.7 Å². The number of oxime groups is 1. The van der Waals surface area contributed by atoms with Crippen molar-refractivity contribution in [2.75, 3.05) is 48.7 Å². The number of carboxylic acid groups (broad SMARTS) is 2. The average Bonchev–Trinajstić information content (AvgIpc) is 3.59. The zero-order valence-electron chi connectivity index (χ0n) is 26.7. The average molecular weight is 724 g/mol. The van der Waals surface area contributed by atoms with E-state index in [1.54, 1.807) is 11.7 Å². The number of thioether (sulfide) groups is 1. The summed E-state index contributed by atoms with van der Waals surface area (Å²) in [5, 5.41) is 29.8. The minimum Gasteiger partial charge on any atom is -0.543 e. The smallest absolute Gasteiger partial charge is 0.350 e. The van der Waals surface area contributed by atoms with Crippen LogP contribution in [0.1, 0.15) is 26.1 Å². The summed E-state index contributed by atoms with van der Waals surface area (Å²) in [6.07, 6.45) is 2.10. The second-order valence-corrected chi connectivity index (χ2v) is 13.2. The summed E-state index contributed by atoms with van der Waals surface area (Å²) in [6.45, 7) is 3.69. The lowest BCUT2D eigenvalue weighted by Gasteiger charge is -2.50. The molecule has 21 nitrogen and oxygen atoms in total. The topological polar surface area (TPSA) is 319 Å². The number of hydrogen-bond donors (Lipinski definition) is 7. The van der Waals surface area contributed by atoms with Gasteiger partial charge in [0.05, 0.1) is 18.7 Å². The van der Waals surface area contributed by atoms with Crippen molar-refractivity contribution in [3.05, 3.63) is 23.3 Å². The van der Waals surface area contributed by atoms with Gasteiger partial charge in [0, 0.05) is 42.5 Å². The van der Waals surface area contributed by atoms with Crippen LogP contribution in [0.15, 0.2) is 22.6 Å². The molecule has 4 rings (SSSR count). The zero-order valence-corrected chi connectivity index (χ0v) is 28.4. The van der Waals surface area contributed by atoms with E-state index in [4.69, 9.17) is 27.8 Å². The van der Waals surface area contributed by atoms with Gasteiger partial charge < -0.3 is 53.0 Å². The quantitative estimate of drug-likeness (QED) is 0.0400. The second kappa shape index (κ2) is 15.0. The van der Waals surface area contributed by atoms with Crippen LogP contribution in [-0.2, 0) is 37.6 Å². The molecule has 2 atom stereocenters. The summed E-state index contributed by atoms with van der Waals surface area (Å²) < 4.78 is 7.00. The fraction of sp³-hybridized carbons (Fsp3) is 0.500. The van der Waals surface area contributed by atoms with Crippen molar-refractivity contribution in [1.29, 1.82) is 0 Å². The molecule has 11 N–H and O–H groups in total. The van der Waals surface area contributed by atoms with E-state index >= 15 is 0 Å². The maximum atomic E-state index is 13.3. The number of aliphatic carboxylic acids is 2. The first-order valence-electron chi connectivity index (χ1n) is 14.7. The van der Waals surface area contributed by atoms with E-state index in [-0.39, 0.29) is 47.0 Å². The summed E-state index contributed by atoms with van der Waals surface area (Å²) in [5.74, 6) is -4.68. The number of carboxylic acids is 2. The minimum absolute atomic E-state index is 0.0126. The molecule has 0 spiro atoms. The first kappa shape index (κ1) is 36.8. The third-order valence-corrected chi connectivity index (χ3v) is 9.36. The number of carbonyl (C=O) groups excluding carboxylic acids is 4. The highest BCUT2D eigenvalue weighted by Crippen LogP contribution is 2.40. The number of urea groups is 1. The number of anilines is 3. The molecular weight excluding hydrogens is 687 g/mol. The molecular formula is C26H37N13O8S2. The second-order valence-electron chi connectivity index (χ2n) is 11.3. The molecule has 2 aromatic heterocycles. The van der Waals surface area contributed by atoms with Gasteiger partial charge in [-0.3, -0.25) is 19.8 Å². The molecule has 2 aliphatic heterocycles. The highest BCUT2D eigenvalue weighted by atomic mass is 32.2. The number of hydrogen-bond acceptors (Lipinski definition) is 16. The van der Waals surface area contributed by atoms with E-state index in [2.05, 4.69) is 25.1 Å². The van der Waals surface area contributed by atoms with Crippen LogP contribution in [0.2, 0.25) is 0 Å². The predicted octanol–water partition coefficient (Wildman–Crippen LogP) is -3.84. The van der Waals surface area contributed by atoms with Crippen LogP contribution in [0, 0.1) is 0 Å². The molecule has 1 fully saturated rings. The number of amides is 4. The SMILES string of the molecule is Cn1c(N)c(NC(=O)N(CCN)CCCN)c[n+]1CC1=C(C(=O)[O-])N2C(=O)[C@@H](NC(=O)/C(=N\OC(C)(C)C(=O)O)c3nsc(N)n3)[C@H]2SC1. The van der Waals surface area contributed by atoms with Crippen molar-refractivity contribution in [3.8, 4) is 0 Å². The van der Waals surface area contributed by atoms with Gasteiger partial charge in [0.25, 0.3) is 11.8 Å². The van der Waals surface area contributed by atoms with E-state index < -0.39 is 52.5 Å². The molecule has 4 amide bonds. The molecule has 4 heterocycles. The molecule has 23 heteroatoms. The van der Waals surface area contributed by atoms with Crippen LogP contribution in [0.25, 0.3) is 0 Å². The Bertz CT molecular complexity index is 1700. The number of rotatable bonds is 15. The normalized spacial score (nSPS) is 17.7. The Morgan fingerprint density at radius 2 is 1.96 bits per heavy atom. The van der Waals surface area contributed by atoms with Crippen LogP contribution in [-0.4, -0.2) is 113 Å². The molecule has 2 aliphatic rings. The molecule has 49 heavy (non-hydrogen) atoms. The maximum absolute atomic E-state index is 13.3. The monoisotopic (exact) mass is 723 g/mol. The number of nitrogen functional groups attached to an aromatic ring is 2. The van der Waals surface area contributed by atoms with Gasteiger partial charge in [0.2, 0.25) is 23.3 Å². The van der Waals surface area contributed by atoms with E-state index in [0.29, 0.717) is 31.6 Å². The van der Waals surface area contributed by atoms with Gasteiger partial charge in [-0.05, 0) is 26.8 Å². The number of nitrogens with one attached hydrogen (secondary N) is 2. The number of carbonyl (C=O) groups is 5. The van der Waals surface area contributed by atoms with Crippen LogP contribution in [0.4, 0.5) is 21.4 Å². The number of nitrogens with zero attached hydrogens (tertiary/aromatic N) is 7. The van der Waals surface area contributed by atoms with Crippen LogP contribution in [0.3, 0.4) is 0 Å². The summed E-state index contributed by atoms with van der Waals surface area (Å²) >= 11 is 1.93. The Balaban J connectivity index is 1.53. The molecule has 0 aromatic carbocycles. The molecule has 0 radical (unpaired) electrons. The third kappa shape index (κ3) is 7.84. The summed E-state index contributed by atoms with van der Waals surface area (Å²) in [5.41, 5.74) is 20.9. The van der Waals surface area contributed by atoms with Crippen molar-refractivity contribution < 1.29 is 43.7 Å². The van der Waals surface area contributed by atoms with Crippen molar-refractivity contribution >= 4 is 75.4 Å². The van der Waals surface area contributed by atoms with Gasteiger partial charge in [-0.15, -0.1) is 21.1 Å². The standard InChI is InChI=1S/C26H37N13O8S2/c1-26(2,23(44)45)47-34-14(18-33-24(30)49-35-18)19(40)32-15-20(41)39-16(22(42)43)12(11-48-21(15)39)9-38-10-13(17(29)36(38)3)31-25(46)37(8-6-28)7-4-5-27/h10,15,21,29H,4-9,11,27-28H2,1-3H3,(H6,30,31,32,33,35,40,42,43,44,45,46)/b34-14-/t15-,21-/m1/s1. The van der Waals surface area contributed by atoms with Crippen LogP contribution >= 0.6 is 23.3 Å². The summed E-state index contributed by atoms with van der Waals surface area (Å²) in [6, 6.07) is -1.63. The minimum atomic E-state index is -1.83. The fourth-order valence-electron chi connectivity index (χ4n) is 4.72. The fourth-order valence-corrected chi connectivity index (χ4v) is 6.49. The van der Waals surface area contributed by atoms with Crippen molar-refractivity contribution in [2.45, 2.75) is 43.8 Å². The van der Waals surface area contributed by atoms with E-state index in [1.807, 2.05) is 0 Å². The highest BCUT2D eigenvalue weighted by Gasteiger charge is 2.53. The Morgan fingerprint density at radius 3 is 2.55 bits per heavy atom. The van der Waals surface area contributed by atoms with E-state index in [1.165, 1.54) is 41.4 Å². The summed E-state index contributed by atoms with van der Waals surface area (Å²) in [4.78, 5) is 74.9. The first-order chi connectivity index (χ1) is 23.1. The number of nitrogens with two attached hydrogens (primary N) is 4. The molecule has 1 saturated heterocycles. The highest BCUT2D eigenvalue weighted by molar-refractivity contribution is 8.00. The lowest BCUT2D eigenvalue weighted by atomic mass is 10.0. The van der Waals surface area contributed by atoms with Crippen LogP contribution < -0.4 is 43.4 Å². The Labute approximate surface area is 287 Å². The van der Waals surface area contributed by atoms with Gasteiger partial charge in [0.15, 0.2) is 23.2 Å². The molecule has 0 unspecified atom stereocenters. The lowest BCUT2D eigenvalue weighted by molar-refractivity contribution is -0.765. The van der Waals surface area contributed by atoms with Gasteiger partial charge in [-0.25, -0.2) is 9.59 Å². The van der Waals surface area contributed by atoms with Crippen molar-refractivity contribution in [3.63, 3.8) is 0 Å². The van der Waals surface area contributed by atoms with Gasteiger partial charge >= 0.3 is 12.0 Å². The molecule has 0 aliphatic carbocycles. The lowest BCUT2D eigenvalue weighted by Crippen LogP contribution is -2.71. The third-order valence-electron chi connectivity index (χ3n) is 7.48. The predicted molar refractivity (Wildman–Crippen MR) is 174 cm³/mol.